The van der Waals surface area contributed by atoms with Crippen LogP contribution in [0.3, 0.4) is 0 Å². The lowest BCUT2D eigenvalue weighted by atomic mass is 9.80. The van der Waals surface area contributed by atoms with Gasteiger partial charge in [0, 0.05) is 18.1 Å². The zero-order valence-electron chi connectivity index (χ0n) is 11.7. The summed E-state index contributed by atoms with van der Waals surface area (Å²) in [7, 11) is 1.49. The normalized spacial score (nSPS) is 32.2. The van der Waals surface area contributed by atoms with Crippen molar-refractivity contribution in [3.8, 4) is 0 Å². The summed E-state index contributed by atoms with van der Waals surface area (Å²) in [5.74, 6) is -0.0787. The Hall–Kier alpha value is -0.610. The number of nitrogens with one attached hydrogen (secondary N) is 1. The molecule has 0 aromatic rings. The van der Waals surface area contributed by atoms with Gasteiger partial charge in [-0.2, -0.15) is 0 Å². The van der Waals surface area contributed by atoms with E-state index < -0.39 is 0 Å². The zero-order chi connectivity index (χ0) is 13.0. The Kier molecular flexibility index (Phi) is 4.62. The number of ether oxygens (including phenoxy) is 1. The fraction of sp³-hybridized carbons (Fsp3) is 0.929. The first-order valence-corrected chi connectivity index (χ1v) is 7.25. The third-order valence-corrected chi connectivity index (χ3v) is 4.46. The summed E-state index contributed by atoms with van der Waals surface area (Å²) in [5, 5.41) is 3.64. The fourth-order valence-corrected chi connectivity index (χ4v) is 3.45. The minimum atomic E-state index is -0.0787. The van der Waals surface area contributed by atoms with Crippen LogP contribution in [0.2, 0.25) is 0 Å². The maximum absolute atomic E-state index is 11.7. The average molecular weight is 254 g/mol. The number of carbonyl (C=O) groups excluding carboxylic acids is 1. The number of fused-ring (bicyclic) bond motifs is 1. The van der Waals surface area contributed by atoms with Crippen LogP contribution in [0.25, 0.3) is 0 Å². The molecule has 0 aromatic carbocycles. The SMILES string of the molecule is CCCNC1(CC(=O)OC)CCN2CCCC2C1. The lowest BCUT2D eigenvalue weighted by Crippen LogP contribution is -2.56. The molecule has 18 heavy (non-hydrogen) atoms. The van der Waals surface area contributed by atoms with Crippen molar-refractivity contribution in [2.75, 3.05) is 26.7 Å². The first-order valence-electron chi connectivity index (χ1n) is 7.25. The highest BCUT2D eigenvalue weighted by Crippen LogP contribution is 2.35. The van der Waals surface area contributed by atoms with E-state index in [4.69, 9.17) is 4.74 Å². The Labute approximate surface area is 110 Å². The van der Waals surface area contributed by atoms with Crippen molar-refractivity contribution in [1.82, 2.24) is 10.2 Å². The summed E-state index contributed by atoms with van der Waals surface area (Å²) in [6.07, 6.45) is 6.40. The lowest BCUT2D eigenvalue weighted by Gasteiger charge is -2.44. The Morgan fingerprint density at radius 2 is 2.33 bits per heavy atom. The molecule has 2 fully saturated rings. The van der Waals surface area contributed by atoms with Crippen LogP contribution in [0.1, 0.15) is 45.4 Å². The standard InChI is InChI=1S/C14H26N2O2/c1-3-7-15-14(11-13(17)18-2)6-9-16-8-4-5-12(16)10-14/h12,15H,3-11H2,1-2H3. The highest BCUT2D eigenvalue weighted by Gasteiger charge is 2.42. The van der Waals surface area contributed by atoms with E-state index >= 15 is 0 Å². The van der Waals surface area contributed by atoms with Crippen molar-refractivity contribution in [2.24, 2.45) is 0 Å². The Morgan fingerprint density at radius 3 is 3.06 bits per heavy atom. The van der Waals surface area contributed by atoms with Gasteiger partial charge in [-0.3, -0.25) is 4.79 Å². The molecule has 0 radical (unpaired) electrons. The largest absolute Gasteiger partial charge is 0.469 e. The molecule has 2 saturated heterocycles. The van der Waals surface area contributed by atoms with E-state index in [-0.39, 0.29) is 11.5 Å². The van der Waals surface area contributed by atoms with Crippen LogP contribution in [0.15, 0.2) is 0 Å². The van der Waals surface area contributed by atoms with E-state index in [1.165, 1.54) is 26.5 Å². The zero-order valence-corrected chi connectivity index (χ0v) is 11.7. The van der Waals surface area contributed by atoms with Crippen molar-refractivity contribution in [1.29, 1.82) is 0 Å². The monoisotopic (exact) mass is 254 g/mol. The second kappa shape index (κ2) is 6.02. The minimum Gasteiger partial charge on any atom is -0.469 e. The summed E-state index contributed by atoms with van der Waals surface area (Å²) in [6.45, 7) is 5.53. The van der Waals surface area contributed by atoms with Crippen LogP contribution < -0.4 is 5.32 Å². The van der Waals surface area contributed by atoms with E-state index in [0.717, 1.165) is 32.4 Å². The van der Waals surface area contributed by atoms with Gasteiger partial charge in [0.25, 0.3) is 0 Å². The summed E-state index contributed by atoms with van der Waals surface area (Å²) in [6, 6.07) is 0.674. The third-order valence-electron chi connectivity index (χ3n) is 4.46. The van der Waals surface area contributed by atoms with Gasteiger partial charge in [0.2, 0.25) is 0 Å². The van der Waals surface area contributed by atoms with Crippen LogP contribution in [-0.4, -0.2) is 49.2 Å². The summed E-state index contributed by atoms with van der Waals surface area (Å²) < 4.78 is 4.88. The molecule has 4 heteroatoms. The minimum absolute atomic E-state index is 0.0192. The quantitative estimate of drug-likeness (QED) is 0.756. The molecular formula is C14H26N2O2. The fourth-order valence-electron chi connectivity index (χ4n) is 3.45. The van der Waals surface area contributed by atoms with E-state index in [1.807, 2.05) is 0 Å². The van der Waals surface area contributed by atoms with Crippen LogP contribution in [0.4, 0.5) is 0 Å². The number of esters is 1. The highest BCUT2D eigenvalue weighted by molar-refractivity contribution is 5.70. The van der Waals surface area contributed by atoms with Crippen molar-refractivity contribution in [3.05, 3.63) is 0 Å². The van der Waals surface area contributed by atoms with Gasteiger partial charge in [-0.25, -0.2) is 0 Å². The third kappa shape index (κ3) is 3.04. The molecule has 2 aliphatic rings. The lowest BCUT2D eigenvalue weighted by molar-refractivity contribution is -0.143. The van der Waals surface area contributed by atoms with E-state index in [0.29, 0.717) is 12.5 Å². The molecule has 0 aliphatic carbocycles. The van der Waals surface area contributed by atoms with Gasteiger partial charge in [0.05, 0.1) is 13.5 Å². The molecule has 4 nitrogen and oxygen atoms in total. The van der Waals surface area contributed by atoms with Crippen LogP contribution in [0, 0.1) is 0 Å². The molecule has 0 amide bonds. The molecular weight excluding hydrogens is 228 g/mol. The smallest absolute Gasteiger partial charge is 0.307 e. The molecule has 0 bridgehead atoms. The average Bonchev–Trinajstić information content (AvgIpc) is 2.83. The van der Waals surface area contributed by atoms with Gasteiger partial charge < -0.3 is 15.0 Å². The molecule has 0 aromatic heterocycles. The van der Waals surface area contributed by atoms with Crippen LogP contribution >= 0.6 is 0 Å². The number of piperidine rings is 1. The van der Waals surface area contributed by atoms with Crippen molar-refractivity contribution < 1.29 is 9.53 Å². The topological polar surface area (TPSA) is 41.6 Å². The first-order chi connectivity index (χ1) is 8.69. The van der Waals surface area contributed by atoms with Crippen molar-refractivity contribution >= 4 is 5.97 Å². The molecule has 1 N–H and O–H groups in total. The maximum atomic E-state index is 11.7. The van der Waals surface area contributed by atoms with Gasteiger partial charge in [-0.1, -0.05) is 6.92 Å². The van der Waals surface area contributed by atoms with Gasteiger partial charge >= 0.3 is 5.97 Å². The van der Waals surface area contributed by atoms with E-state index in [2.05, 4.69) is 17.1 Å². The molecule has 0 spiro atoms. The first kappa shape index (κ1) is 13.8. The number of hydrogen-bond donors (Lipinski definition) is 1. The van der Waals surface area contributed by atoms with Crippen molar-refractivity contribution in [3.63, 3.8) is 0 Å². The van der Waals surface area contributed by atoms with Crippen molar-refractivity contribution in [2.45, 2.75) is 57.0 Å². The predicted octanol–water partition coefficient (Wildman–Crippen LogP) is 1.55. The Morgan fingerprint density at radius 1 is 1.50 bits per heavy atom. The van der Waals surface area contributed by atoms with Gasteiger partial charge in [-0.05, 0) is 45.2 Å². The van der Waals surface area contributed by atoms with Crippen LogP contribution in [-0.2, 0) is 9.53 Å². The molecule has 2 rings (SSSR count). The maximum Gasteiger partial charge on any atom is 0.307 e. The predicted molar refractivity (Wildman–Crippen MR) is 71.5 cm³/mol. The highest BCUT2D eigenvalue weighted by atomic mass is 16.5. The number of nitrogens with zero attached hydrogens (tertiary/aromatic N) is 1. The molecule has 104 valence electrons. The molecule has 2 atom stereocenters. The van der Waals surface area contributed by atoms with Gasteiger partial charge in [0.1, 0.15) is 0 Å². The van der Waals surface area contributed by atoms with Crippen LogP contribution in [0.5, 0.6) is 0 Å². The molecule has 2 heterocycles. The number of methoxy groups -OCH3 is 1. The van der Waals surface area contributed by atoms with Gasteiger partial charge in [-0.15, -0.1) is 0 Å². The molecule has 0 saturated carbocycles. The van der Waals surface area contributed by atoms with E-state index in [1.54, 1.807) is 0 Å². The Bertz CT molecular complexity index is 296. The number of hydrogen-bond acceptors (Lipinski definition) is 4. The number of carbonyl (C=O) groups is 1. The second-order valence-corrected chi connectivity index (χ2v) is 5.75. The summed E-state index contributed by atoms with van der Waals surface area (Å²) in [4.78, 5) is 14.3. The summed E-state index contributed by atoms with van der Waals surface area (Å²) in [5.41, 5.74) is -0.0192. The molecule has 2 aliphatic heterocycles. The van der Waals surface area contributed by atoms with Gasteiger partial charge in [0.15, 0.2) is 0 Å². The molecule has 2 unspecified atom stereocenters. The second-order valence-electron chi connectivity index (χ2n) is 5.75. The van der Waals surface area contributed by atoms with E-state index in [9.17, 15) is 4.79 Å². The summed E-state index contributed by atoms with van der Waals surface area (Å²) >= 11 is 0. The number of rotatable bonds is 5. The Balaban J connectivity index is 2.02.